The normalized spacial score (nSPS) is 20.4. The zero-order valence-corrected chi connectivity index (χ0v) is 21.0. The van der Waals surface area contributed by atoms with Gasteiger partial charge in [-0.2, -0.15) is 13.5 Å². The molecule has 9 heteroatoms. The van der Waals surface area contributed by atoms with E-state index in [1.807, 2.05) is 36.2 Å². The van der Waals surface area contributed by atoms with Crippen molar-refractivity contribution in [1.82, 2.24) is 19.4 Å². The highest BCUT2D eigenvalue weighted by Crippen LogP contribution is 2.35. The second-order valence-corrected chi connectivity index (χ2v) is 9.50. The summed E-state index contributed by atoms with van der Waals surface area (Å²) >= 11 is 0. The van der Waals surface area contributed by atoms with Crippen molar-refractivity contribution in [1.29, 1.82) is 0 Å². The van der Waals surface area contributed by atoms with E-state index in [0.717, 1.165) is 47.3 Å². The molecule has 34 heavy (non-hydrogen) atoms. The van der Waals surface area contributed by atoms with Gasteiger partial charge in [0.2, 0.25) is 5.91 Å². The van der Waals surface area contributed by atoms with Crippen LogP contribution >= 0.6 is 13.5 Å². The maximum atomic E-state index is 13.8. The fourth-order valence-electron chi connectivity index (χ4n) is 5.31. The lowest BCUT2D eigenvalue weighted by Gasteiger charge is -2.36. The Bertz CT molecular complexity index is 1270. The van der Waals surface area contributed by atoms with Crippen molar-refractivity contribution >= 4 is 30.5 Å². The fraction of sp³-hybridized carbons (Fsp3) is 0.480. The average Bonchev–Trinajstić information content (AvgIpc) is 3.34. The monoisotopic (exact) mass is 484 g/mol. The molecule has 0 N–H and O–H groups in total. The van der Waals surface area contributed by atoms with Gasteiger partial charge in [0, 0.05) is 58.6 Å². The van der Waals surface area contributed by atoms with Crippen molar-refractivity contribution in [3.05, 3.63) is 63.4 Å². The largest absolute Gasteiger partial charge is 0.419 e. The molecule has 0 unspecified atom stereocenters. The smallest absolute Gasteiger partial charge is 0.408 e. The number of carbonyl (C=O) groups excluding carboxylic acids is 1. The lowest BCUT2D eigenvalue weighted by Crippen LogP contribution is -2.49. The van der Waals surface area contributed by atoms with Crippen molar-refractivity contribution in [2.45, 2.75) is 32.9 Å². The highest BCUT2D eigenvalue weighted by molar-refractivity contribution is 7.59. The lowest BCUT2D eigenvalue weighted by atomic mass is 9.85. The number of ether oxygens (including phenoxy) is 1. The number of carbonyl (C=O) groups is 1. The summed E-state index contributed by atoms with van der Waals surface area (Å²) < 4.78 is 12.3. The summed E-state index contributed by atoms with van der Waals surface area (Å²) in [5.41, 5.74) is 5.29. The van der Waals surface area contributed by atoms with Gasteiger partial charge in [0.15, 0.2) is 5.58 Å². The van der Waals surface area contributed by atoms with E-state index in [1.165, 1.54) is 4.57 Å². The fourth-order valence-corrected chi connectivity index (χ4v) is 5.31. The average molecular weight is 485 g/mol. The van der Waals surface area contributed by atoms with E-state index >= 15 is 0 Å². The number of rotatable bonds is 5. The highest BCUT2D eigenvalue weighted by atomic mass is 32.1. The first-order chi connectivity index (χ1) is 15.9. The number of likely N-dealkylation sites (tertiary alicyclic amines) is 1. The minimum atomic E-state index is -0.546. The Labute approximate surface area is 205 Å². The number of nitrogens with zero attached hydrogens (tertiary/aromatic N) is 4. The summed E-state index contributed by atoms with van der Waals surface area (Å²) in [4.78, 5) is 34.4. The molecule has 2 aliphatic rings. The number of benzene rings is 1. The number of fused-ring (bicyclic) bond motifs is 2. The summed E-state index contributed by atoms with van der Waals surface area (Å²) in [6.07, 6.45) is 3.45. The topological polar surface area (TPSA) is 80.8 Å². The van der Waals surface area contributed by atoms with Gasteiger partial charge in [0.25, 0.3) is 0 Å². The molecular formula is C25H32N4O4S. The van der Waals surface area contributed by atoms with Gasteiger partial charge in [-0.1, -0.05) is 12.1 Å². The van der Waals surface area contributed by atoms with E-state index in [4.69, 9.17) is 9.15 Å². The number of hydrogen-bond donors (Lipinski definition) is 0. The predicted octanol–water partition coefficient (Wildman–Crippen LogP) is 2.37. The van der Waals surface area contributed by atoms with Crippen LogP contribution < -0.4 is 5.76 Å². The molecule has 1 amide bonds. The van der Waals surface area contributed by atoms with Crippen LogP contribution in [0.2, 0.25) is 0 Å². The molecule has 1 saturated heterocycles. The van der Waals surface area contributed by atoms with Crippen LogP contribution in [0.25, 0.3) is 11.1 Å². The zero-order valence-electron chi connectivity index (χ0n) is 20.0. The number of pyridine rings is 1. The summed E-state index contributed by atoms with van der Waals surface area (Å²) in [5.74, 6) is -0.187. The minimum Gasteiger partial charge on any atom is -0.408 e. The number of methoxy groups -OCH3 is 1. The number of oxazole rings is 1. The van der Waals surface area contributed by atoms with E-state index in [2.05, 4.69) is 16.0 Å². The number of hydrogen-bond acceptors (Lipinski definition) is 6. The van der Waals surface area contributed by atoms with E-state index in [1.54, 1.807) is 14.2 Å². The van der Waals surface area contributed by atoms with Crippen LogP contribution in [0.1, 0.15) is 28.8 Å². The molecule has 1 fully saturated rings. The predicted molar refractivity (Wildman–Crippen MR) is 134 cm³/mol. The van der Waals surface area contributed by atoms with Crippen molar-refractivity contribution in [3.63, 3.8) is 0 Å². The van der Waals surface area contributed by atoms with Gasteiger partial charge in [0.1, 0.15) is 0 Å². The zero-order chi connectivity index (χ0) is 23.2. The van der Waals surface area contributed by atoms with Gasteiger partial charge in [-0.3, -0.25) is 19.2 Å². The number of aromatic nitrogens is 2. The standard InChI is InChI=1S/C25H30N4O4.H2S/c1-17-10-19-14-29(8-6-20(19)26-12-17)23(30)25(16-32-3)7-9-28(15-25)13-18-4-5-22-21(11-18)27(2)24(31)33-22;/h4-5,10-12H,6-9,13-16H2,1-3H3;1H2/t25-;/m0./s1. The summed E-state index contributed by atoms with van der Waals surface area (Å²) in [5, 5.41) is 0. The van der Waals surface area contributed by atoms with Gasteiger partial charge in [-0.15, -0.1) is 0 Å². The van der Waals surface area contributed by atoms with Crippen LogP contribution in [-0.2, 0) is 36.1 Å². The van der Waals surface area contributed by atoms with Crippen LogP contribution in [-0.4, -0.2) is 58.6 Å². The number of amides is 1. The molecule has 1 atom stereocenters. The molecule has 0 aliphatic carbocycles. The Hall–Kier alpha value is -2.62. The molecule has 4 heterocycles. The minimum absolute atomic E-state index is 0. The maximum absolute atomic E-state index is 13.8. The molecule has 2 aromatic heterocycles. The molecule has 0 saturated carbocycles. The molecular weight excluding hydrogens is 452 g/mol. The molecule has 182 valence electrons. The van der Waals surface area contributed by atoms with Gasteiger partial charge in [-0.25, -0.2) is 4.79 Å². The third-order valence-electron chi connectivity index (χ3n) is 7.03. The van der Waals surface area contributed by atoms with Gasteiger partial charge in [-0.05, 0) is 48.7 Å². The van der Waals surface area contributed by atoms with E-state index in [-0.39, 0.29) is 25.2 Å². The van der Waals surface area contributed by atoms with Crippen molar-refractivity contribution in [3.8, 4) is 0 Å². The maximum Gasteiger partial charge on any atom is 0.419 e. The van der Waals surface area contributed by atoms with Gasteiger partial charge >= 0.3 is 5.76 Å². The van der Waals surface area contributed by atoms with Crippen LogP contribution in [0.4, 0.5) is 0 Å². The van der Waals surface area contributed by atoms with Crippen LogP contribution in [0, 0.1) is 12.3 Å². The Balaban J connectivity index is 0.00000274. The summed E-state index contributed by atoms with van der Waals surface area (Å²) in [7, 11) is 3.38. The SMILES string of the molecule is COC[C@]1(C(=O)N2CCc3ncc(C)cc3C2)CCN(Cc2ccc3oc(=O)n(C)c3c2)C1.S. The first kappa shape index (κ1) is 24.5. The molecule has 8 nitrogen and oxygen atoms in total. The van der Waals surface area contributed by atoms with Gasteiger partial charge < -0.3 is 14.1 Å². The Morgan fingerprint density at radius 2 is 2.09 bits per heavy atom. The molecule has 0 spiro atoms. The molecule has 5 rings (SSSR count). The van der Waals surface area contributed by atoms with E-state index in [9.17, 15) is 9.59 Å². The molecule has 3 aromatic rings. The second-order valence-electron chi connectivity index (χ2n) is 9.50. The van der Waals surface area contributed by atoms with Gasteiger partial charge in [0.05, 0.1) is 17.5 Å². The first-order valence-corrected chi connectivity index (χ1v) is 11.4. The van der Waals surface area contributed by atoms with Crippen molar-refractivity contribution < 1.29 is 13.9 Å². The van der Waals surface area contributed by atoms with Crippen molar-refractivity contribution in [2.24, 2.45) is 12.5 Å². The molecule has 2 aliphatic heterocycles. The number of aryl methyl sites for hydroxylation is 2. The Morgan fingerprint density at radius 3 is 2.88 bits per heavy atom. The lowest BCUT2D eigenvalue weighted by molar-refractivity contribution is -0.145. The highest BCUT2D eigenvalue weighted by Gasteiger charge is 2.47. The van der Waals surface area contributed by atoms with E-state index in [0.29, 0.717) is 38.4 Å². The van der Waals surface area contributed by atoms with Crippen molar-refractivity contribution in [2.75, 3.05) is 33.4 Å². The summed E-state index contributed by atoms with van der Waals surface area (Å²) in [6.45, 7) is 5.93. The molecule has 1 aromatic carbocycles. The van der Waals surface area contributed by atoms with Crippen LogP contribution in [0.3, 0.4) is 0 Å². The van der Waals surface area contributed by atoms with E-state index < -0.39 is 5.41 Å². The molecule has 0 bridgehead atoms. The first-order valence-electron chi connectivity index (χ1n) is 11.4. The summed E-state index contributed by atoms with van der Waals surface area (Å²) in [6, 6.07) is 7.97. The third kappa shape index (κ3) is 4.39. The van der Waals surface area contributed by atoms with Crippen LogP contribution in [0.5, 0.6) is 0 Å². The quantitative estimate of drug-likeness (QED) is 0.553. The Morgan fingerprint density at radius 1 is 1.26 bits per heavy atom. The molecule has 0 radical (unpaired) electrons. The Kier molecular flexibility index (Phi) is 6.89. The van der Waals surface area contributed by atoms with Crippen LogP contribution in [0.15, 0.2) is 39.7 Å². The third-order valence-corrected chi connectivity index (χ3v) is 7.03. The second kappa shape index (κ2) is 9.56.